The van der Waals surface area contributed by atoms with Crippen LogP contribution in [0.1, 0.15) is 71.5 Å². The number of hydrogen-bond acceptors (Lipinski definition) is 6. The van der Waals surface area contributed by atoms with E-state index in [2.05, 4.69) is 20.2 Å². The summed E-state index contributed by atoms with van der Waals surface area (Å²) < 4.78 is 71.4. The van der Waals surface area contributed by atoms with Crippen molar-refractivity contribution in [2.24, 2.45) is 5.92 Å². The van der Waals surface area contributed by atoms with Gasteiger partial charge in [0.1, 0.15) is 5.41 Å². The lowest BCUT2D eigenvalue weighted by Gasteiger charge is -2.40. The second-order valence-corrected chi connectivity index (χ2v) is 11.7. The Labute approximate surface area is 169 Å². The predicted octanol–water partition coefficient (Wildman–Crippen LogP) is 3.74. The third-order valence-corrected chi connectivity index (χ3v) is 8.31. The van der Waals surface area contributed by atoms with E-state index >= 15 is 0 Å². The summed E-state index contributed by atoms with van der Waals surface area (Å²) in [7, 11) is -3.37. The van der Waals surface area contributed by atoms with E-state index in [1.54, 1.807) is 20.8 Å². The topological polar surface area (TPSA) is 97.1 Å². The van der Waals surface area contributed by atoms with Gasteiger partial charge in [0.05, 0.1) is 4.75 Å². The molecule has 2 fully saturated rings. The van der Waals surface area contributed by atoms with Crippen LogP contribution in [0.25, 0.3) is 0 Å². The monoisotopic (exact) mass is 438 g/mol. The van der Waals surface area contributed by atoms with Crippen LogP contribution < -0.4 is 10.0 Å². The lowest BCUT2D eigenvalue weighted by molar-refractivity contribution is -0.215. The molecule has 0 bridgehead atoms. The van der Waals surface area contributed by atoms with E-state index < -0.39 is 26.4 Å². The van der Waals surface area contributed by atoms with Gasteiger partial charge in [0.25, 0.3) is 0 Å². The molecule has 0 aromatic carbocycles. The van der Waals surface area contributed by atoms with Gasteiger partial charge in [0.2, 0.25) is 10.0 Å². The fraction of sp³-hybridized carbons (Fsp3) is 0.889. The first-order valence-corrected chi connectivity index (χ1v) is 11.5. The van der Waals surface area contributed by atoms with E-state index in [9.17, 15) is 21.6 Å². The van der Waals surface area contributed by atoms with Crippen LogP contribution in [-0.2, 0) is 15.4 Å². The Morgan fingerprint density at radius 1 is 1.14 bits per heavy atom. The van der Waals surface area contributed by atoms with E-state index in [1.807, 2.05) is 0 Å². The smallest absolute Gasteiger partial charge is 0.335 e. The predicted molar refractivity (Wildman–Crippen MR) is 102 cm³/mol. The molecular formula is C18H29F3N4O3S. The average molecular weight is 439 g/mol. The van der Waals surface area contributed by atoms with Crippen molar-refractivity contribution in [3.8, 4) is 0 Å². The van der Waals surface area contributed by atoms with Gasteiger partial charge in [-0.1, -0.05) is 11.6 Å². The summed E-state index contributed by atoms with van der Waals surface area (Å²) in [5.74, 6) is -0.0593. The molecule has 7 nitrogen and oxygen atoms in total. The lowest BCUT2D eigenvalue weighted by atomic mass is 9.67. The molecule has 3 rings (SSSR count). The largest absolute Gasteiger partial charge is 0.401 e. The third kappa shape index (κ3) is 4.55. The molecular weight excluding hydrogens is 409 g/mol. The second-order valence-electron chi connectivity index (χ2n) is 9.18. The molecule has 0 unspecified atom stereocenters. The van der Waals surface area contributed by atoms with Crippen molar-refractivity contribution in [1.29, 1.82) is 0 Å². The first-order valence-electron chi connectivity index (χ1n) is 10.0. The van der Waals surface area contributed by atoms with Crippen molar-refractivity contribution >= 4 is 16.0 Å². The van der Waals surface area contributed by atoms with Crippen LogP contribution in [0.15, 0.2) is 4.52 Å². The van der Waals surface area contributed by atoms with Crippen LogP contribution in [0.2, 0.25) is 0 Å². The van der Waals surface area contributed by atoms with E-state index in [0.29, 0.717) is 13.0 Å². The molecule has 0 atom stereocenters. The van der Waals surface area contributed by atoms with Crippen molar-refractivity contribution in [3.05, 3.63) is 5.82 Å². The summed E-state index contributed by atoms with van der Waals surface area (Å²) >= 11 is 0. The standard InChI is InChI=1S/C18H29F3N4O3S/c1-16(2,3)29(26,27)22-11-12-5-7-13(8-6-12)23-15-24-14(25-28-15)17(9-4-10-17)18(19,20)21/h12-13,22H,4-11H2,1-3H3,(H,23,24,25). The quantitative estimate of drug-likeness (QED) is 0.702. The number of hydrogen-bond donors (Lipinski definition) is 2. The SMILES string of the molecule is CC(C)(C)S(=O)(=O)NCC1CCC(Nc2nc(C3(C(F)(F)F)CCC3)no2)CC1. The minimum atomic E-state index is -4.38. The number of halogens is 3. The summed E-state index contributed by atoms with van der Waals surface area (Å²) in [5, 5.41) is 6.64. The highest BCUT2D eigenvalue weighted by molar-refractivity contribution is 7.90. The average Bonchev–Trinajstić information content (AvgIpc) is 2.99. The molecule has 0 spiro atoms. The maximum Gasteiger partial charge on any atom is 0.401 e. The van der Waals surface area contributed by atoms with Gasteiger partial charge >= 0.3 is 12.2 Å². The van der Waals surface area contributed by atoms with E-state index in [4.69, 9.17) is 4.52 Å². The first kappa shape index (κ1) is 22.3. The van der Waals surface area contributed by atoms with Gasteiger partial charge in [-0.25, -0.2) is 13.1 Å². The summed E-state index contributed by atoms with van der Waals surface area (Å²) in [4.78, 5) is 3.98. The van der Waals surface area contributed by atoms with Gasteiger partial charge in [0, 0.05) is 12.6 Å². The summed E-state index contributed by atoms with van der Waals surface area (Å²) in [6.07, 6.45) is -0.787. The third-order valence-electron chi connectivity index (χ3n) is 6.15. The zero-order chi connectivity index (χ0) is 21.5. The molecule has 29 heavy (non-hydrogen) atoms. The number of nitrogens with zero attached hydrogens (tertiary/aromatic N) is 2. The number of alkyl halides is 3. The van der Waals surface area contributed by atoms with Crippen molar-refractivity contribution in [2.75, 3.05) is 11.9 Å². The number of rotatable bonds is 6. The summed E-state index contributed by atoms with van der Waals surface area (Å²) in [5.41, 5.74) is -1.97. The molecule has 2 N–H and O–H groups in total. The van der Waals surface area contributed by atoms with Crippen molar-refractivity contribution < 1.29 is 26.1 Å². The van der Waals surface area contributed by atoms with Crippen molar-refractivity contribution in [3.63, 3.8) is 0 Å². The molecule has 1 aromatic rings. The fourth-order valence-electron chi connectivity index (χ4n) is 3.77. The Morgan fingerprint density at radius 3 is 2.24 bits per heavy atom. The molecule has 1 aromatic heterocycles. The van der Waals surface area contributed by atoms with Gasteiger partial charge < -0.3 is 9.84 Å². The molecule has 2 aliphatic rings. The van der Waals surface area contributed by atoms with Gasteiger partial charge in [-0.3, -0.25) is 0 Å². The Morgan fingerprint density at radius 2 is 1.76 bits per heavy atom. The highest BCUT2D eigenvalue weighted by atomic mass is 32.2. The van der Waals surface area contributed by atoms with Gasteiger partial charge in [-0.2, -0.15) is 18.2 Å². The zero-order valence-corrected chi connectivity index (χ0v) is 17.8. The van der Waals surface area contributed by atoms with Gasteiger partial charge in [0.15, 0.2) is 5.82 Å². The minimum Gasteiger partial charge on any atom is -0.335 e. The second kappa shape index (κ2) is 7.72. The highest BCUT2D eigenvalue weighted by Gasteiger charge is 2.62. The number of anilines is 1. The van der Waals surface area contributed by atoms with Crippen LogP contribution in [-0.4, -0.2) is 42.1 Å². The van der Waals surface area contributed by atoms with Crippen LogP contribution in [0.4, 0.5) is 19.2 Å². The molecule has 11 heteroatoms. The van der Waals surface area contributed by atoms with Gasteiger partial charge in [-0.15, -0.1) is 0 Å². The number of nitrogens with one attached hydrogen (secondary N) is 2. The normalized spacial score (nSPS) is 25.4. The molecule has 0 aliphatic heterocycles. The van der Waals surface area contributed by atoms with Gasteiger partial charge in [-0.05, 0) is 65.2 Å². The molecule has 0 amide bonds. The maximum atomic E-state index is 13.4. The molecule has 0 radical (unpaired) electrons. The zero-order valence-electron chi connectivity index (χ0n) is 17.0. The number of aromatic nitrogens is 2. The number of sulfonamides is 1. The Kier molecular flexibility index (Phi) is 5.94. The van der Waals surface area contributed by atoms with Crippen molar-refractivity contribution in [1.82, 2.24) is 14.9 Å². The first-order chi connectivity index (χ1) is 13.3. The molecule has 1 heterocycles. The van der Waals surface area contributed by atoms with E-state index in [1.165, 1.54) is 0 Å². The fourth-order valence-corrected chi connectivity index (χ4v) is 4.66. The van der Waals surface area contributed by atoms with E-state index in [-0.39, 0.29) is 36.6 Å². The molecule has 2 saturated carbocycles. The highest BCUT2D eigenvalue weighted by Crippen LogP contribution is 2.53. The van der Waals surface area contributed by atoms with Crippen LogP contribution >= 0.6 is 0 Å². The van der Waals surface area contributed by atoms with Crippen LogP contribution in [0.3, 0.4) is 0 Å². The maximum absolute atomic E-state index is 13.4. The Hall–Kier alpha value is -1.36. The molecule has 166 valence electrons. The Bertz CT molecular complexity index is 805. The Balaban J connectivity index is 1.50. The lowest BCUT2D eigenvalue weighted by Crippen LogP contribution is -2.48. The molecule has 0 saturated heterocycles. The molecule has 2 aliphatic carbocycles. The summed E-state index contributed by atoms with van der Waals surface area (Å²) in [6.45, 7) is 5.36. The minimum absolute atomic E-state index is 0.00887. The van der Waals surface area contributed by atoms with Crippen molar-refractivity contribution in [2.45, 2.75) is 88.1 Å². The van der Waals surface area contributed by atoms with Crippen LogP contribution in [0, 0.1) is 5.92 Å². The summed E-state index contributed by atoms with van der Waals surface area (Å²) in [6, 6.07) is 0.0365. The van der Waals surface area contributed by atoms with Crippen LogP contribution in [0.5, 0.6) is 0 Å². The van der Waals surface area contributed by atoms with E-state index in [0.717, 1.165) is 25.7 Å².